The number of amides is 1. The molecular formula is C19H17F3N2O4. The van der Waals surface area contributed by atoms with Crippen molar-refractivity contribution in [1.82, 2.24) is 9.88 Å². The van der Waals surface area contributed by atoms with Gasteiger partial charge in [-0.15, -0.1) is 0 Å². The molecule has 0 spiro atoms. The molecule has 1 saturated heterocycles. The summed E-state index contributed by atoms with van der Waals surface area (Å²) in [7, 11) is 0. The molecule has 2 aromatic rings. The molecule has 1 atom stereocenters. The van der Waals surface area contributed by atoms with Crippen molar-refractivity contribution in [2.45, 2.75) is 19.2 Å². The van der Waals surface area contributed by atoms with Gasteiger partial charge in [0.05, 0.1) is 30.0 Å². The fourth-order valence-corrected chi connectivity index (χ4v) is 2.99. The first-order valence-corrected chi connectivity index (χ1v) is 8.46. The number of pyridine rings is 1. The predicted octanol–water partition coefficient (Wildman–Crippen LogP) is 3.32. The van der Waals surface area contributed by atoms with Crippen molar-refractivity contribution in [3.05, 3.63) is 64.5 Å². The van der Waals surface area contributed by atoms with Crippen molar-refractivity contribution in [3.63, 3.8) is 0 Å². The Bertz CT molecular complexity index is 897. The molecule has 1 aliphatic rings. The number of rotatable bonds is 3. The summed E-state index contributed by atoms with van der Waals surface area (Å²) in [4.78, 5) is 29.3. The largest absolute Gasteiger partial charge is 0.478 e. The van der Waals surface area contributed by atoms with Crippen LogP contribution >= 0.6 is 0 Å². The maximum absolute atomic E-state index is 12.7. The van der Waals surface area contributed by atoms with Gasteiger partial charge in [0.25, 0.3) is 5.91 Å². The molecule has 1 aromatic heterocycles. The zero-order valence-corrected chi connectivity index (χ0v) is 14.9. The number of carbonyl (C=O) groups is 2. The summed E-state index contributed by atoms with van der Waals surface area (Å²) in [6, 6.07) is 7.31. The van der Waals surface area contributed by atoms with Crippen molar-refractivity contribution in [1.29, 1.82) is 0 Å². The highest BCUT2D eigenvalue weighted by molar-refractivity contribution is 5.94. The molecule has 1 aromatic carbocycles. The monoisotopic (exact) mass is 394 g/mol. The van der Waals surface area contributed by atoms with Crippen LogP contribution in [-0.4, -0.2) is 46.6 Å². The third kappa shape index (κ3) is 4.14. The van der Waals surface area contributed by atoms with Gasteiger partial charge in [-0.25, -0.2) is 9.78 Å². The van der Waals surface area contributed by atoms with E-state index in [4.69, 9.17) is 9.84 Å². The number of aromatic nitrogens is 1. The van der Waals surface area contributed by atoms with Gasteiger partial charge in [0, 0.05) is 6.54 Å². The number of nitrogens with zero attached hydrogens (tertiary/aromatic N) is 2. The van der Waals surface area contributed by atoms with E-state index in [2.05, 4.69) is 4.98 Å². The number of hydrogen-bond donors (Lipinski definition) is 1. The molecule has 1 N–H and O–H groups in total. The second-order valence-electron chi connectivity index (χ2n) is 6.36. The second-order valence-corrected chi connectivity index (χ2v) is 6.36. The van der Waals surface area contributed by atoms with Crippen LogP contribution in [0.4, 0.5) is 13.2 Å². The first-order chi connectivity index (χ1) is 13.2. The number of aryl methyl sites for hydroxylation is 1. The summed E-state index contributed by atoms with van der Waals surface area (Å²) >= 11 is 0. The minimum atomic E-state index is -4.42. The third-order valence-electron chi connectivity index (χ3n) is 4.50. The molecule has 1 fully saturated rings. The van der Waals surface area contributed by atoms with E-state index in [0.29, 0.717) is 12.1 Å². The molecule has 1 amide bonds. The molecule has 0 bridgehead atoms. The molecule has 1 unspecified atom stereocenters. The number of carboxylic acid groups (broad SMARTS) is 1. The van der Waals surface area contributed by atoms with Crippen LogP contribution in [0, 0.1) is 6.92 Å². The summed E-state index contributed by atoms with van der Waals surface area (Å²) in [5, 5.41) is 9.05. The molecule has 3 rings (SSSR count). The molecular weight excluding hydrogens is 377 g/mol. The van der Waals surface area contributed by atoms with Crippen molar-refractivity contribution in [2.75, 3.05) is 19.7 Å². The smallest absolute Gasteiger partial charge is 0.416 e. The SMILES string of the molecule is Cc1nc(C(=O)N2CCOC(c3ccc(C(F)(F)F)cc3)C2)ccc1C(=O)O. The minimum Gasteiger partial charge on any atom is -0.478 e. The van der Waals surface area contributed by atoms with Gasteiger partial charge in [-0.1, -0.05) is 12.1 Å². The Morgan fingerprint density at radius 1 is 1.18 bits per heavy atom. The van der Waals surface area contributed by atoms with E-state index in [-0.39, 0.29) is 36.0 Å². The summed E-state index contributed by atoms with van der Waals surface area (Å²) < 4.78 is 43.7. The van der Waals surface area contributed by atoms with E-state index in [1.54, 1.807) is 0 Å². The van der Waals surface area contributed by atoms with E-state index in [9.17, 15) is 22.8 Å². The van der Waals surface area contributed by atoms with Crippen LogP contribution in [0.5, 0.6) is 0 Å². The topological polar surface area (TPSA) is 79.7 Å². The molecule has 9 heteroatoms. The molecule has 0 aliphatic carbocycles. The fourth-order valence-electron chi connectivity index (χ4n) is 2.99. The molecule has 6 nitrogen and oxygen atoms in total. The fraction of sp³-hybridized carbons (Fsp3) is 0.316. The number of carboxylic acids is 1. The van der Waals surface area contributed by atoms with Crippen LogP contribution < -0.4 is 0 Å². The number of hydrogen-bond acceptors (Lipinski definition) is 4. The van der Waals surface area contributed by atoms with Crippen LogP contribution in [0.3, 0.4) is 0 Å². The van der Waals surface area contributed by atoms with Crippen molar-refractivity contribution in [2.24, 2.45) is 0 Å². The first-order valence-electron chi connectivity index (χ1n) is 8.46. The average Bonchev–Trinajstić information content (AvgIpc) is 2.66. The van der Waals surface area contributed by atoms with Gasteiger partial charge >= 0.3 is 12.1 Å². The lowest BCUT2D eigenvalue weighted by molar-refractivity contribution is -0.137. The molecule has 28 heavy (non-hydrogen) atoms. The Hall–Kier alpha value is -2.94. The van der Waals surface area contributed by atoms with Gasteiger partial charge in [0.2, 0.25) is 0 Å². The molecule has 2 heterocycles. The van der Waals surface area contributed by atoms with Crippen molar-refractivity contribution < 1.29 is 32.6 Å². The Labute approximate surface area is 158 Å². The Morgan fingerprint density at radius 2 is 1.86 bits per heavy atom. The molecule has 148 valence electrons. The number of halogens is 3. The zero-order chi connectivity index (χ0) is 20.5. The summed E-state index contributed by atoms with van der Waals surface area (Å²) in [6.07, 6.45) is -4.97. The lowest BCUT2D eigenvalue weighted by Crippen LogP contribution is -2.42. The maximum Gasteiger partial charge on any atom is 0.416 e. The van der Waals surface area contributed by atoms with E-state index >= 15 is 0 Å². The molecule has 1 aliphatic heterocycles. The second kappa shape index (κ2) is 7.59. The summed E-state index contributed by atoms with van der Waals surface area (Å²) in [5.74, 6) is -1.52. The first kappa shape index (κ1) is 19.8. The number of morpholine rings is 1. The number of ether oxygens (including phenoxy) is 1. The lowest BCUT2D eigenvalue weighted by Gasteiger charge is -2.33. The van der Waals surface area contributed by atoms with Crippen LogP contribution in [0.15, 0.2) is 36.4 Å². The van der Waals surface area contributed by atoms with Gasteiger partial charge in [-0.2, -0.15) is 13.2 Å². The molecule has 0 saturated carbocycles. The van der Waals surface area contributed by atoms with Crippen LogP contribution in [0.2, 0.25) is 0 Å². The Balaban J connectivity index is 1.75. The van der Waals surface area contributed by atoms with Crippen LogP contribution in [0.25, 0.3) is 0 Å². The normalized spacial score (nSPS) is 17.4. The summed E-state index contributed by atoms with van der Waals surface area (Å²) in [5.41, 5.74) is 0.136. The highest BCUT2D eigenvalue weighted by Crippen LogP contribution is 2.31. The molecule has 0 radical (unpaired) electrons. The highest BCUT2D eigenvalue weighted by Gasteiger charge is 2.31. The van der Waals surface area contributed by atoms with Crippen molar-refractivity contribution >= 4 is 11.9 Å². The Kier molecular flexibility index (Phi) is 5.37. The number of carbonyl (C=O) groups excluding carboxylic acids is 1. The van der Waals surface area contributed by atoms with Gasteiger partial charge in [0.15, 0.2) is 0 Å². The van der Waals surface area contributed by atoms with Gasteiger partial charge in [-0.05, 0) is 36.8 Å². The van der Waals surface area contributed by atoms with E-state index in [0.717, 1.165) is 12.1 Å². The average molecular weight is 394 g/mol. The van der Waals surface area contributed by atoms with Crippen LogP contribution in [-0.2, 0) is 10.9 Å². The lowest BCUT2D eigenvalue weighted by atomic mass is 10.0. The standard InChI is InChI=1S/C19H17F3N2O4/c1-11-14(18(26)27)6-7-15(23-11)17(25)24-8-9-28-16(10-24)12-2-4-13(5-3-12)19(20,21)22/h2-7,16H,8-10H2,1H3,(H,26,27). The van der Waals surface area contributed by atoms with Crippen molar-refractivity contribution in [3.8, 4) is 0 Å². The third-order valence-corrected chi connectivity index (χ3v) is 4.50. The number of alkyl halides is 3. The predicted molar refractivity (Wildman–Crippen MR) is 92.0 cm³/mol. The van der Waals surface area contributed by atoms with Crippen LogP contribution in [0.1, 0.15) is 43.8 Å². The minimum absolute atomic E-state index is 0.0150. The number of benzene rings is 1. The number of aromatic carboxylic acids is 1. The van der Waals surface area contributed by atoms with E-state index in [1.807, 2.05) is 0 Å². The van der Waals surface area contributed by atoms with E-state index in [1.165, 1.54) is 36.1 Å². The Morgan fingerprint density at radius 3 is 2.43 bits per heavy atom. The van der Waals surface area contributed by atoms with Gasteiger partial charge < -0.3 is 14.7 Å². The quantitative estimate of drug-likeness (QED) is 0.864. The van der Waals surface area contributed by atoms with Gasteiger partial charge in [-0.3, -0.25) is 4.79 Å². The van der Waals surface area contributed by atoms with E-state index < -0.39 is 23.8 Å². The highest BCUT2D eigenvalue weighted by atomic mass is 19.4. The maximum atomic E-state index is 12.7. The van der Waals surface area contributed by atoms with Gasteiger partial charge in [0.1, 0.15) is 11.8 Å². The summed E-state index contributed by atoms with van der Waals surface area (Å²) in [6.45, 7) is 2.19. The zero-order valence-electron chi connectivity index (χ0n) is 14.9.